The fraction of sp³-hybridized carbons (Fsp3) is 0.167. The molecule has 0 spiro atoms. The summed E-state index contributed by atoms with van der Waals surface area (Å²) in [6.45, 7) is 0.170. The molecule has 0 saturated carbocycles. The maximum Gasteiger partial charge on any atom is 0.355 e. The van der Waals surface area contributed by atoms with Crippen LogP contribution in [0, 0.1) is 0 Å². The lowest BCUT2D eigenvalue weighted by atomic mass is 10.3. The van der Waals surface area contributed by atoms with Crippen molar-refractivity contribution in [2.75, 3.05) is 0 Å². The number of aromatic nitrogens is 2. The molecule has 0 radical (unpaired) electrons. The zero-order valence-electron chi connectivity index (χ0n) is 9.93. The first-order valence-electron chi connectivity index (χ1n) is 5.32. The number of carbonyl (C=O) groups is 1. The van der Waals surface area contributed by atoms with Crippen molar-refractivity contribution in [2.24, 2.45) is 7.05 Å². The first-order chi connectivity index (χ1) is 8.99. The van der Waals surface area contributed by atoms with Crippen molar-refractivity contribution in [1.29, 1.82) is 0 Å². The van der Waals surface area contributed by atoms with Crippen LogP contribution in [0.3, 0.4) is 0 Å². The third-order valence-corrected chi connectivity index (χ3v) is 3.53. The van der Waals surface area contributed by atoms with E-state index in [1.807, 2.05) is 0 Å². The molecule has 0 fully saturated rings. The molecular formula is C12H10BrClN2O3. The average Bonchev–Trinajstić information content (AvgIpc) is 2.63. The molecule has 0 atom stereocenters. The number of halogens is 2. The Kier molecular flexibility index (Phi) is 4.11. The van der Waals surface area contributed by atoms with Crippen LogP contribution in [-0.2, 0) is 13.7 Å². The fourth-order valence-electron chi connectivity index (χ4n) is 1.56. The van der Waals surface area contributed by atoms with Crippen LogP contribution >= 0.6 is 27.5 Å². The van der Waals surface area contributed by atoms with Crippen LogP contribution in [0.5, 0.6) is 5.75 Å². The van der Waals surface area contributed by atoms with E-state index in [1.165, 1.54) is 4.68 Å². The highest BCUT2D eigenvalue weighted by atomic mass is 79.9. The van der Waals surface area contributed by atoms with E-state index in [2.05, 4.69) is 21.0 Å². The third kappa shape index (κ3) is 3.08. The molecule has 100 valence electrons. The first kappa shape index (κ1) is 13.9. The van der Waals surface area contributed by atoms with Crippen LogP contribution in [0.2, 0.25) is 5.02 Å². The van der Waals surface area contributed by atoms with Crippen molar-refractivity contribution in [1.82, 2.24) is 9.78 Å². The van der Waals surface area contributed by atoms with Crippen molar-refractivity contribution in [3.05, 3.63) is 45.1 Å². The van der Waals surface area contributed by atoms with Gasteiger partial charge in [0.2, 0.25) is 0 Å². The van der Waals surface area contributed by atoms with Gasteiger partial charge in [-0.05, 0) is 40.2 Å². The Labute approximate surface area is 122 Å². The highest BCUT2D eigenvalue weighted by molar-refractivity contribution is 9.10. The summed E-state index contributed by atoms with van der Waals surface area (Å²) < 4.78 is 7.24. The molecule has 5 nitrogen and oxygen atoms in total. The summed E-state index contributed by atoms with van der Waals surface area (Å²) in [5, 5.41) is 13.8. The number of carboxylic acids is 1. The van der Waals surface area contributed by atoms with Crippen molar-refractivity contribution >= 4 is 33.5 Å². The zero-order chi connectivity index (χ0) is 14.0. The van der Waals surface area contributed by atoms with Gasteiger partial charge in [-0.25, -0.2) is 4.79 Å². The lowest BCUT2D eigenvalue weighted by molar-refractivity contribution is 0.0684. The Morgan fingerprint density at radius 3 is 2.63 bits per heavy atom. The Hall–Kier alpha value is -1.53. The zero-order valence-corrected chi connectivity index (χ0v) is 12.3. The van der Waals surface area contributed by atoms with Crippen LogP contribution in [0.4, 0.5) is 0 Å². The molecule has 1 heterocycles. The van der Waals surface area contributed by atoms with Gasteiger partial charge in [-0.3, -0.25) is 4.68 Å². The average molecular weight is 346 g/mol. The van der Waals surface area contributed by atoms with Crippen LogP contribution in [0.25, 0.3) is 0 Å². The molecule has 0 aliphatic heterocycles. The second-order valence-electron chi connectivity index (χ2n) is 3.78. The maximum absolute atomic E-state index is 11.0. The predicted octanol–water partition coefficient (Wildman–Crippen LogP) is 3.11. The van der Waals surface area contributed by atoms with E-state index in [-0.39, 0.29) is 12.3 Å². The summed E-state index contributed by atoms with van der Waals surface area (Å²) in [6.07, 6.45) is 0. The second-order valence-corrected chi connectivity index (χ2v) is 5.01. The standard InChI is InChI=1S/C12H10BrClN2O3/c1-16-11(12(17)18)10(13)9(15-16)6-19-8-4-2-7(14)3-5-8/h2-5H,6H2,1H3,(H,17,18). The second kappa shape index (κ2) is 5.63. The van der Waals surface area contributed by atoms with Crippen LogP contribution < -0.4 is 4.74 Å². The number of hydrogen-bond acceptors (Lipinski definition) is 3. The van der Waals surface area contributed by atoms with Crippen molar-refractivity contribution in [3.63, 3.8) is 0 Å². The van der Waals surface area contributed by atoms with Gasteiger partial charge in [-0.1, -0.05) is 11.6 Å². The van der Waals surface area contributed by atoms with Gasteiger partial charge >= 0.3 is 5.97 Å². The molecule has 0 amide bonds. The molecule has 1 aromatic heterocycles. The molecule has 0 bridgehead atoms. The summed E-state index contributed by atoms with van der Waals surface area (Å²) in [6, 6.07) is 6.90. The summed E-state index contributed by atoms with van der Waals surface area (Å²) in [5.41, 5.74) is 0.615. The monoisotopic (exact) mass is 344 g/mol. The topological polar surface area (TPSA) is 64.4 Å². The highest BCUT2D eigenvalue weighted by Crippen LogP contribution is 2.23. The quantitative estimate of drug-likeness (QED) is 0.925. The Balaban J connectivity index is 2.14. The molecular weight excluding hydrogens is 336 g/mol. The van der Waals surface area contributed by atoms with Gasteiger partial charge in [-0.2, -0.15) is 5.10 Å². The Morgan fingerprint density at radius 1 is 1.47 bits per heavy atom. The van der Waals surface area contributed by atoms with E-state index in [9.17, 15) is 4.79 Å². The summed E-state index contributed by atoms with van der Waals surface area (Å²) >= 11 is 8.99. The van der Waals surface area contributed by atoms with Gasteiger partial charge in [-0.15, -0.1) is 0 Å². The number of hydrogen-bond donors (Lipinski definition) is 1. The normalized spacial score (nSPS) is 10.5. The van der Waals surface area contributed by atoms with Gasteiger partial charge in [0.25, 0.3) is 0 Å². The molecule has 19 heavy (non-hydrogen) atoms. The SMILES string of the molecule is Cn1nc(COc2ccc(Cl)cc2)c(Br)c1C(=O)O. The summed E-state index contributed by atoms with van der Waals surface area (Å²) in [4.78, 5) is 11.0. The van der Waals surface area contributed by atoms with Crippen molar-refractivity contribution in [2.45, 2.75) is 6.61 Å². The molecule has 2 rings (SSSR count). The first-order valence-corrected chi connectivity index (χ1v) is 6.49. The molecule has 2 aromatic rings. The van der Waals surface area contributed by atoms with E-state index in [1.54, 1.807) is 31.3 Å². The highest BCUT2D eigenvalue weighted by Gasteiger charge is 2.19. The van der Waals surface area contributed by atoms with Crippen LogP contribution in [0.1, 0.15) is 16.2 Å². The lowest BCUT2D eigenvalue weighted by Crippen LogP contribution is -2.05. The molecule has 0 aliphatic rings. The molecule has 7 heteroatoms. The van der Waals surface area contributed by atoms with E-state index < -0.39 is 5.97 Å². The molecule has 1 aromatic carbocycles. The van der Waals surface area contributed by atoms with Gasteiger partial charge in [0, 0.05) is 12.1 Å². The Bertz CT molecular complexity index is 610. The molecule has 0 aliphatic carbocycles. The van der Waals surface area contributed by atoms with Gasteiger partial charge in [0.05, 0.1) is 4.47 Å². The third-order valence-electron chi connectivity index (χ3n) is 2.45. The van der Waals surface area contributed by atoms with Gasteiger partial charge < -0.3 is 9.84 Å². The minimum Gasteiger partial charge on any atom is -0.487 e. The van der Waals surface area contributed by atoms with E-state index in [0.29, 0.717) is 20.9 Å². The minimum absolute atomic E-state index is 0.0923. The number of benzene rings is 1. The molecule has 0 unspecified atom stereocenters. The van der Waals surface area contributed by atoms with E-state index in [0.717, 1.165) is 0 Å². The molecule has 0 saturated heterocycles. The number of rotatable bonds is 4. The predicted molar refractivity (Wildman–Crippen MR) is 73.7 cm³/mol. The Morgan fingerprint density at radius 2 is 2.11 bits per heavy atom. The van der Waals surface area contributed by atoms with E-state index in [4.69, 9.17) is 21.4 Å². The van der Waals surface area contributed by atoms with E-state index >= 15 is 0 Å². The number of carboxylic acid groups (broad SMARTS) is 1. The van der Waals surface area contributed by atoms with Gasteiger partial charge in [0.15, 0.2) is 5.69 Å². The van der Waals surface area contributed by atoms with Crippen LogP contribution in [-0.4, -0.2) is 20.9 Å². The fourth-order valence-corrected chi connectivity index (χ4v) is 2.31. The molecule has 1 N–H and O–H groups in total. The lowest BCUT2D eigenvalue weighted by Gasteiger charge is -2.04. The minimum atomic E-state index is -1.04. The number of ether oxygens (including phenoxy) is 1. The summed E-state index contributed by atoms with van der Waals surface area (Å²) in [5.74, 6) is -0.404. The van der Waals surface area contributed by atoms with Gasteiger partial charge in [0.1, 0.15) is 18.1 Å². The summed E-state index contributed by atoms with van der Waals surface area (Å²) in [7, 11) is 1.57. The smallest absolute Gasteiger partial charge is 0.355 e. The largest absolute Gasteiger partial charge is 0.487 e. The van der Waals surface area contributed by atoms with Crippen molar-refractivity contribution in [3.8, 4) is 5.75 Å². The van der Waals surface area contributed by atoms with Crippen molar-refractivity contribution < 1.29 is 14.6 Å². The maximum atomic E-state index is 11.0. The number of aromatic carboxylic acids is 1. The number of nitrogens with zero attached hydrogens (tertiary/aromatic N) is 2. The number of aryl methyl sites for hydroxylation is 1. The van der Waals surface area contributed by atoms with Crippen LogP contribution in [0.15, 0.2) is 28.7 Å².